The second kappa shape index (κ2) is 19.9. The molecule has 0 aromatic heterocycles. The van der Waals surface area contributed by atoms with Crippen molar-refractivity contribution in [1.29, 1.82) is 0 Å². The van der Waals surface area contributed by atoms with E-state index in [1.165, 1.54) is 0 Å². The fourth-order valence-corrected chi connectivity index (χ4v) is 11.1. The van der Waals surface area contributed by atoms with Gasteiger partial charge in [-0.2, -0.15) is 0 Å². The zero-order valence-electron chi connectivity index (χ0n) is 23.1. The van der Waals surface area contributed by atoms with E-state index in [1.54, 1.807) is 0 Å². The lowest BCUT2D eigenvalue weighted by atomic mass is 10.00. The second-order valence-corrected chi connectivity index (χ2v) is 15.0. The molecule has 0 aromatic rings. The Balaban J connectivity index is 2.93. The van der Waals surface area contributed by atoms with Crippen LogP contribution in [0.1, 0.15) is 119 Å². The van der Waals surface area contributed by atoms with Gasteiger partial charge in [0, 0.05) is 0 Å². The predicted octanol–water partition coefficient (Wildman–Crippen LogP) is 5.28. The first kappa shape index (κ1) is 33.9. The molecule has 12 heteroatoms. The Labute approximate surface area is 233 Å². The van der Waals surface area contributed by atoms with Crippen molar-refractivity contribution in [3.8, 4) is 0 Å². The summed E-state index contributed by atoms with van der Waals surface area (Å²) in [6.07, 6.45) is 9.80. The van der Waals surface area contributed by atoms with Crippen LogP contribution in [-0.4, -0.2) is 63.4 Å². The zero-order valence-corrected chi connectivity index (χ0v) is 26.6. The highest BCUT2D eigenvalue weighted by atomic mass is 27.4. The Morgan fingerprint density at radius 3 is 0.972 bits per heavy atom. The van der Waals surface area contributed by atoms with Gasteiger partial charge in [0.05, 0.1) is 17.8 Å². The number of carbonyl (C=O) groups excluding carboxylic acids is 3. The Kier molecular flexibility index (Phi) is 18.7. The van der Waals surface area contributed by atoms with Gasteiger partial charge in [0.15, 0.2) is 0 Å². The van der Waals surface area contributed by atoms with Gasteiger partial charge >= 0.3 is 45.4 Å². The molecule has 0 aliphatic carbocycles. The van der Waals surface area contributed by atoms with Crippen LogP contribution in [0.2, 0.25) is 0 Å². The van der Waals surface area contributed by atoms with E-state index in [2.05, 4.69) is 20.8 Å². The van der Waals surface area contributed by atoms with E-state index in [1.807, 2.05) is 20.8 Å². The highest BCUT2D eigenvalue weighted by Gasteiger charge is 2.63. The molecule has 0 spiro atoms. The molecule has 3 atom stereocenters. The fraction of sp³-hybridized carbons (Fsp3) is 0.875. The van der Waals surface area contributed by atoms with Crippen molar-refractivity contribution in [2.24, 2.45) is 17.8 Å². The lowest BCUT2D eigenvalue weighted by molar-refractivity contribution is -0.144. The van der Waals surface area contributed by atoms with Gasteiger partial charge in [-0.3, -0.25) is 14.4 Å². The summed E-state index contributed by atoms with van der Waals surface area (Å²) in [5, 5.41) is 0. The van der Waals surface area contributed by atoms with E-state index >= 15 is 0 Å². The third kappa shape index (κ3) is 12.6. The average molecular weight is 559 g/mol. The van der Waals surface area contributed by atoms with Crippen LogP contribution in [0.4, 0.5) is 0 Å². The van der Waals surface area contributed by atoms with Gasteiger partial charge in [-0.25, -0.2) is 0 Å². The third-order valence-electron chi connectivity index (χ3n) is 6.50. The summed E-state index contributed by atoms with van der Waals surface area (Å²) in [4.78, 5) is 38.3. The zero-order chi connectivity index (χ0) is 26.9. The minimum atomic E-state index is -3.05. The topological polar surface area (TPSA) is 107 Å². The molecule has 36 heavy (non-hydrogen) atoms. The number of hydrogen-bond donors (Lipinski definition) is 0. The van der Waals surface area contributed by atoms with Gasteiger partial charge in [-0.05, 0) is 38.5 Å². The number of unbranched alkanes of at least 4 members (excludes halogenated alkanes) is 3. The quantitative estimate of drug-likeness (QED) is 0.208. The van der Waals surface area contributed by atoms with Crippen LogP contribution in [0.15, 0.2) is 0 Å². The van der Waals surface area contributed by atoms with Crippen LogP contribution in [0.3, 0.4) is 0 Å². The van der Waals surface area contributed by atoms with Crippen molar-refractivity contribution in [3.05, 3.63) is 0 Å². The Bertz CT molecular complexity index is 561. The smallest absolute Gasteiger partial charge is 0.574 e. The largest absolute Gasteiger partial charge is 0.949 e. The van der Waals surface area contributed by atoms with Crippen LogP contribution in [-0.2, 0) is 34.3 Å². The highest BCUT2D eigenvalue weighted by molar-refractivity contribution is 6.68. The van der Waals surface area contributed by atoms with Gasteiger partial charge < -0.3 is 19.9 Å². The molecule has 0 N–H and O–H groups in total. The molecule has 1 heterocycles. The molecule has 0 amide bonds. The average Bonchev–Trinajstić information content (AvgIpc) is 2.85. The molecule has 204 valence electrons. The SMILES string of the molecule is CCCCC(CC)C(=O)[O][Al]1[O][Al]([O]C(=O)C(CC)CCCC)[O][Al]([O]C(=O)C(CC)CCCC)[O]1. The van der Waals surface area contributed by atoms with Crippen molar-refractivity contribution in [1.82, 2.24) is 0 Å². The van der Waals surface area contributed by atoms with Crippen molar-refractivity contribution < 1.29 is 34.3 Å². The van der Waals surface area contributed by atoms with Gasteiger partial charge in [-0.15, -0.1) is 0 Å². The van der Waals surface area contributed by atoms with E-state index in [9.17, 15) is 14.4 Å². The molecule has 0 bridgehead atoms. The standard InChI is InChI=1S/3C8H16O2.3Al.3O/c3*1-3-5-6-7(4-2)8(9)10;;;;;;/h3*7H,3-6H2,1-2H3,(H,9,10);;;;;;/q;;;3*+1;;;/p-3. The summed E-state index contributed by atoms with van der Waals surface area (Å²) in [7, 11) is 0. The Morgan fingerprint density at radius 2 is 0.778 bits per heavy atom. The van der Waals surface area contributed by atoms with Crippen LogP contribution < -0.4 is 0 Å². The van der Waals surface area contributed by atoms with Gasteiger partial charge in [0.1, 0.15) is 0 Å². The first-order chi connectivity index (χ1) is 17.3. The maximum absolute atomic E-state index is 12.8. The van der Waals surface area contributed by atoms with Crippen molar-refractivity contribution in [2.75, 3.05) is 0 Å². The van der Waals surface area contributed by atoms with E-state index in [0.29, 0.717) is 19.3 Å². The lowest BCUT2D eigenvalue weighted by Gasteiger charge is -2.29. The van der Waals surface area contributed by atoms with Gasteiger partial charge in [0.25, 0.3) is 17.9 Å². The Hall–Kier alpha value is -0.113. The molecule has 0 aromatic carbocycles. The summed E-state index contributed by atoms with van der Waals surface area (Å²) in [6, 6.07) is 0. The van der Waals surface area contributed by atoms with Crippen LogP contribution in [0.25, 0.3) is 0 Å². The number of carbonyl (C=O) groups is 3. The number of hydrogen-bond acceptors (Lipinski definition) is 9. The monoisotopic (exact) mass is 558 g/mol. The molecule has 9 nitrogen and oxygen atoms in total. The highest BCUT2D eigenvalue weighted by Crippen LogP contribution is 2.22. The van der Waals surface area contributed by atoms with E-state index in [-0.39, 0.29) is 35.7 Å². The summed E-state index contributed by atoms with van der Waals surface area (Å²) < 4.78 is 34.2. The molecule has 0 saturated carbocycles. The third-order valence-corrected chi connectivity index (χ3v) is 13.1. The minimum Gasteiger partial charge on any atom is -0.574 e. The van der Waals surface area contributed by atoms with Crippen LogP contribution in [0, 0.1) is 17.8 Å². The molecular formula is C24H45Al3O9. The maximum atomic E-state index is 12.8. The summed E-state index contributed by atoms with van der Waals surface area (Å²) in [5.41, 5.74) is 0. The molecule has 1 fully saturated rings. The molecular weight excluding hydrogens is 513 g/mol. The van der Waals surface area contributed by atoms with E-state index in [0.717, 1.165) is 57.8 Å². The second-order valence-electron chi connectivity index (χ2n) is 9.33. The normalized spacial score (nSPS) is 16.3. The summed E-state index contributed by atoms with van der Waals surface area (Å²) >= 11 is -9.16. The molecule has 1 aliphatic rings. The van der Waals surface area contributed by atoms with E-state index in [4.69, 9.17) is 19.9 Å². The molecule has 0 radical (unpaired) electrons. The van der Waals surface area contributed by atoms with Crippen molar-refractivity contribution in [2.45, 2.75) is 119 Å². The first-order valence-corrected chi connectivity index (χ1v) is 18.1. The maximum Gasteiger partial charge on any atom is 0.949 e. The first-order valence-electron chi connectivity index (χ1n) is 13.9. The molecule has 1 aliphatic heterocycles. The molecule has 3 unspecified atom stereocenters. The van der Waals surface area contributed by atoms with Crippen LogP contribution >= 0.6 is 0 Å². The van der Waals surface area contributed by atoms with E-state index < -0.39 is 45.4 Å². The Morgan fingerprint density at radius 1 is 0.528 bits per heavy atom. The van der Waals surface area contributed by atoms with Gasteiger partial charge in [-0.1, -0.05) is 80.1 Å². The molecule has 1 rings (SSSR count). The van der Waals surface area contributed by atoms with Crippen LogP contribution in [0.5, 0.6) is 0 Å². The predicted molar refractivity (Wildman–Crippen MR) is 139 cm³/mol. The minimum absolute atomic E-state index is 0.255. The summed E-state index contributed by atoms with van der Waals surface area (Å²) in [5.74, 6) is -1.91. The lowest BCUT2D eigenvalue weighted by Crippen LogP contribution is -2.55. The summed E-state index contributed by atoms with van der Waals surface area (Å²) in [6.45, 7) is 12.0. The molecule has 1 saturated heterocycles. The fourth-order valence-electron chi connectivity index (χ4n) is 3.93. The number of rotatable bonds is 18. The van der Waals surface area contributed by atoms with Crippen molar-refractivity contribution in [3.63, 3.8) is 0 Å². The van der Waals surface area contributed by atoms with Gasteiger partial charge in [0.2, 0.25) is 0 Å². The van der Waals surface area contributed by atoms with Crippen molar-refractivity contribution >= 4 is 63.4 Å².